The highest BCUT2D eigenvalue weighted by Gasteiger charge is 2.25. The zero-order valence-corrected chi connectivity index (χ0v) is 8.76. The van der Waals surface area contributed by atoms with E-state index in [1.54, 1.807) is 12.1 Å². The Bertz CT molecular complexity index is 553. The number of carbonyl (C=O) groups excluding carboxylic acids is 1. The van der Waals surface area contributed by atoms with Gasteiger partial charge < -0.3 is 23.6 Å². The van der Waals surface area contributed by atoms with Crippen molar-refractivity contribution in [3.8, 4) is 0 Å². The van der Waals surface area contributed by atoms with Gasteiger partial charge in [-0.15, -0.1) is 0 Å². The van der Waals surface area contributed by atoms with E-state index < -0.39 is 12.3 Å². The van der Waals surface area contributed by atoms with Crippen molar-refractivity contribution in [3.05, 3.63) is 36.6 Å². The lowest BCUT2D eigenvalue weighted by atomic mass is 10.4. The SMILES string of the molecule is C=C1OCC(OC(=O)c2cc3occc3[nH]2)O1. The maximum atomic E-state index is 11.7. The van der Waals surface area contributed by atoms with E-state index in [2.05, 4.69) is 11.6 Å². The van der Waals surface area contributed by atoms with E-state index >= 15 is 0 Å². The van der Waals surface area contributed by atoms with Gasteiger partial charge in [0.05, 0.1) is 11.8 Å². The van der Waals surface area contributed by atoms with Crippen molar-refractivity contribution < 1.29 is 23.4 Å². The number of ether oxygens (including phenoxy) is 3. The molecule has 1 N–H and O–H groups in total. The van der Waals surface area contributed by atoms with Crippen LogP contribution in [0.2, 0.25) is 0 Å². The van der Waals surface area contributed by atoms with Crippen LogP contribution in [0.4, 0.5) is 0 Å². The number of hydrogen-bond acceptors (Lipinski definition) is 5. The maximum Gasteiger partial charge on any atom is 0.358 e. The second-order valence-electron chi connectivity index (χ2n) is 3.52. The number of carbonyl (C=O) groups is 1. The summed E-state index contributed by atoms with van der Waals surface area (Å²) >= 11 is 0. The summed E-state index contributed by atoms with van der Waals surface area (Å²) in [6.07, 6.45) is 0.790. The van der Waals surface area contributed by atoms with Crippen LogP contribution in [0.1, 0.15) is 10.5 Å². The molecule has 6 nitrogen and oxygen atoms in total. The fraction of sp³-hybridized carbons (Fsp3) is 0.182. The first-order valence-corrected chi connectivity index (χ1v) is 4.98. The van der Waals surface area contributed by atoms with E-state index in [0.717, 1.165) is 5.52 Å². The zero-order chi connectivity index (χ0) is 11.8. The van der Waals surface area contributed by atoms with Crippen LogP contribution >= 0.6 is 0 Å². The number of aromatic nitrogens is 1. The van der Waals surface area contributed by atoms with Gasteiger partial charge in [-0.1, -0.05) is 0 Å². The van der Waals surface area contributed by atoms with E-state index in [1.807, 2.05) is 0 Å². The van der Waals surface area contributed by atoms with E-state index in [-0.39, 0.29) is 12.6 Å². The largest absolute Gasteiger partial charge is 0.463 e. The topological polar surface area (TPSA) is 73.7 Å². The predicted octanol–water partition coefficient (Wildman–Crippen LogP) is 1.76. The first-order chi connectivity index (χ1) is 8.22. The maximum absolute atomic E-state index is 11.7. The van der Waals surface area contributed by atoms with Crippen LogP contribution in [-0.4, -0.2) is 23.9 Å². The summed E-state index contributed by atoms with van der Waals surface area (Å²) in [5.41, 5.74) is 1.65. The standard InChI is InChI=1S/C11H9NO5/c1-6-15-5-10(16-6)17-11(13)8-4-9-7(12-8)2-3-14-9/h2-4,10,12H,1,5H2. The highest BCUT2D eigenvalue weighted by atomic mass is 16.8. The Hall–Kier alpha value is -2.37. The Labute approximate surface area is 95.7 Å². The number of rotatable bonds is 2. The second-order valence-corrected chi connectivity index (χ2v) is 3.52. The minimum Gasteiger partial charge on any atom is -0.463 e. The third-order valence-corrected chi connectivity index (χ3v) is 2.34. The van der Waals surface area contributed by atoms with E-state index in [0.29, 0.717) is 11.3 Å². The molecule has 1 atom stereocenters. The van der Waals surface area contributed by atoms with Crippen molar-refractivity contribution in [2.45, 2.75) is 6.29 Å². The molecule has 3 rings (SSSR count). The monoisotopic (exact) mass is 235 g/mol. The normalized spacial score (nSPS) is 19.1. The molecule has 6 heteroatoms. The van der Waals surface area contributed by atoms with Gasteiger partial charge in [0.25, 0.3) is 12.2 Å². The van der Waals surface area contributed by atoms with E-state index in [9.17, 15) is 4.79 Å². The van der Waals surface area contributed by atoms with Crippen molar-refractivity contribution in [1.82, 2.24) is 4.98 Å². The third-order valence-electron chi connectivity index (χ3n) is 2.34. The summed E-state index contributed by atoms with van der Waals surface area (Å²) in [5.74, 6) is -0.372. The Morgan fingerprint density at radius 2 is 2.47 bits per heavy atom. The van der Waals surface area contributed by atoms with Gasteiger partial charge in [-0.3, -0.25) is 0 Å². The summed E-state index contributed by atoms with van der Waals surface area (Å²) in [6.45, 7) is 3.61. The van der Waals surface area contributed by atoms with E-state index in [1.165, 1.54) is 6.26 Å². The highest BCUT2D eigenvalue weighted by molar-refractivity contribution is 5.93. The zero-order valence-electron chi connectivity index (χ0n) is 8.76. The van der Waals surface area contributed by atoms with Crippen LogP contribution in [0.15, 0.2) is 35.3 Å². The quantitative estimate of drug-likeness (QED) is 0.803. The van der Waals surface area contributed by atoms with Crippen LogP contribution in [0, 0.1) is 0 Å². The molecule has 17 heavy (non-hydrogen) atoms. The minimum absolute atomic E-state index is 0.154. The molecule has 1 aliphatic rings. The van der Waals surface area contributed by atoms with Gasteiger partial charge in [-0.05, 0) is 6.58 Å². The molecule has 0 bridgehead atoms. The number of nitrogens with one attached hydrogen (secondary N) is 1. The number of aromatic amines is 1. The fourth-order valence-corrected chi connectivity index (χ4v) is 1.57. The average molecular weight is 235 g/mol. The van der Waals surface area contributed by atoms with Gasteiger partial charge in [-0.25, -0.2) is 4.79 Å². The fourth-order valence-electron chi connectivity index (χ4n) is 1.57. The van der Waals surface area contributed by atoms with Crippen molar-refractivity contribution in [3.63, 3.8) is 0 Å². The molecule has 88 valence electrons. The first-order valence-electron chi connectivity index (χ1n) is 4.98. The van der Waals surface area contributed by atoms with Crippen molar-refractivity contribution in [2.24, 2.45) is 0 Å². The van der Waals surface area contributed by atoms with Gasteiger partial charge >= 0.3 is 5.97 Å². The molecular formula is C11H9NO5. The number of fused-ring (bicyclic) bond motifs is 1. The molecule has 1 unspecified atom stereocenters. The number of esters is 1. The number of H-pyrrole nitrogens is 1. The molecule has 0 saturated carbocycles. The molecule has 1 aliphatic heterocycles. The molecule has 0 aromatic carbocycles. The molecule has 0 aliphatic carbocycles. The number of hydrogen-bond donors (Lipinski definition) is 1. The van der Waals surface area contributed by atoms with Gasteiger partial charge in [0.15, 0.2) is 12.2 Å². The molecule has 2 aromatic heterocycles. The Balaban J connectivity index is 1.73. The summed E-state index contributed by atoms with van der Waals surface area (Å²) in [6, 6.07) is 3.30. The van der Waals surface area contributed by atoms with Crippen molar-refractivity contribution >= 4 is 17.1 Å². The summed E-state index contributed by atoms with van der Waals surface area (Å²) < 4.78 is 20.1. The molecule has 0 spiro atoms. The molecule has 0 radical (unpaired) electrons. The van der Waals surface area contributed by atoms with Gasteiger partial charge in [0.2, 0.25) is 0 Å². The average Bonchev–Trinajstić information content (AvgIpc) is 2.92. The molecule has 1 saturated heterocycles. The van der Waals surface area contributed by atoms with Crippen LogP contribution in [0.25, 0.3) is 11.1 Å². The van der Waals surface area contributed by atoms with Gasteiger partial charge in [0, 0.05) is 12.1 Å². The van der Waals surface area contributed by atoms with Gasteiger partial charge in [-0.2, -0.15) is 0 Å². The first kappa shape index (κ1) is 9.83. The van der Waals surface area contributed by atoms with Crippen LogP contribution in [0.5, 0.6) is 0 Å². The van der Waals surface area contributed by atoms with E-state index in [4.69, 9.17) is 18.6 Å². The lowest BCUT2D eigenvalue weighted by Crippen LogP contribution is -2.19. The van der Waals surface area contributed by atoms with Crippen LogP contribution < -0.4 is 0 Å². The Morgan fingerprint density at radius 1 is 1.59 bits per heavy atom. The van der Waals surface area contributed by atoms with Crippen LogP contribution in [-0.2, 0) is 14.2 Å². The van der Waals surface area contributed by atoms with Gasteiger partial charge in [0.1, 0.15) is 5.69 Å². The molecule has 0 amide bonds. The summed E-state index contributed by atoms with van der Waals surface area (Å²) in [7, 11) is 0. The molecule has 2 aromatic rings. The Morgan fingerprint density at radius 3 is 3.18 bits per heavy atom. The van der Waals surface area contributed by atoms with Crippen molar-refractivity contribution in [2.75, 3.05) is 6.61 Å². The van der Waals surface area contributed by atoms with Crippen LogP contribution in [0.3, 0.4) is 0 Å². The number of furan rings is 1. The highest BCUT2D eigenvalue weighted by Crippen LogP contribution is 2.19. The molecule has 3 heterocycles. The minimum atomic E-state index is -0.746. The summed E-state index contributed by atoms with van der Waals surface area (Å²) in [5, 5.41) is 0. The second kappa shape index (κ2) is 3.58. The Kier molecular flexibility index (Phi) is 2.07. The third kappa shape index (κ3) is 1.73. The molecular weight excluding hydrogens is 226 g/mol. The lowest BCUT2D eigenvalue weighted by Gasteiger charge is -2.07. The molecule has 1 fully saturated rings. The lowest BCUT2D eigenvalue weighted by molar-refractivity contribution is -0.0540. The van der Waals surface area contributed by atoms with Crippen molar-refractivity contribution in [1.29, 1.82) is 0 Å². The summed E-state index contributed by atoms with van der Waals surface area (Å²) in [4.78, 5) is 14.6. The smallest absolute Gasteiger partial charge is 0.358 e. The predicted molar refractivity (Wildman–Crippen MR) is 55.9 cm³/mol.